The molecule has 0 radical (unpaired) electrons. The van der Waals surface area contributed by atoms with Crippen LogP contribution in [0.3, 0.4) is 0 Å². The molecule has 3 nitrogen and oxygen atoms in total. The Morgan fingerprint density at radius 3 is 2.29 bits per heavy atom. The van der Waals surface area contributed by atoms with Crippen LogP contribution in [0.1, 0.15) is 31.9 Å². The Hall–Kier alpha value is -2.12. The van der Waals surface area contributed by atoms with Gasteiger partial charge in [0.1, 0.15) is 23.0 Å². The fourth-order valence-corrected chi connectivity index (χ4v) is 3.52. The van der Waals surface area contributed by atoms with Gasteiger partial charge in [-0.05, 0) is 36.1 Å². The molecule has 0 spiro atoms. The van der Waals surface area contributed by atoms with Gasteiger partial charge < -0.3 is 9.15 Å². The number of furan rings is 1. The molecule has 0 aliphatic heterocycles. The second-order valence-electron chi connectivity index (χ2n) is 7.42. The Kier molecular flexibility index (Phi) is 5.95. The first kappa shape index (κ1) is 20.6. The second kappa shape index (κ2) is 8.09. The molecule has 0 aliphatic rings. The topological polar surface area (TPSA) is 34.4 Å². The number of ether oxygens (including phenoxy) is 1. The van der Waals surface area contributed by atoms with Gasteiger partial charge in [0, 0.05) is 30.0 Å². The van der Waals surface area contributed by atoms with Gasteiger partial charge in [-0.2, -0.15) is 13.2 Å². The normalized spacial score (nSPS) is 14.9. The Bertz CT molecular complexity index is 949. The minimum absolute atomic E-state index is 0.0457. The van der Waals surface area contributed by atoms with Crippen molar-refractivity contribution in [2.45, 2.75) is 38.5 Å². The summed E-state index contributed by atoms with van der Waals surface area (Å²) in [6.45, 7) is 4.08. The number of rotatable bonds is 7. The van der Waals surface area contributed by atoms with E-state index in [-0.39, 0.29) is 18.1 Å². The summed E-state index contributed by atoms with van der Waals surface area (Å²) < 4.78 is 65.6. The second-order valence-corrected chi connectivity index (χ2v) is 7.42. The van der Waals surface area contributed by atoms with Gasteiger partial charge in [0.2, 0.25) is 0 Å². The summed E-state index contributed by atoms with van der Waals surface area (Å²) >= 11 is 0. The number of alkyl halides is 3. The zero-order valence-corrected chi connectivity index (χ0v) is 15.9. The molecule has 0 amide bonds. The van der Waals surface area contributed by atoms with E-state index in [4.69, 9.17) is 9.15 Å². The Balaban J connectivity index is 1.99. The Labute approximate surface area is 160 Å². The maximum absolute atomic E-state index is 13.8. The van der Waals surface area contributed by atoms with E-state index in [0.29, 0.717) is 28.4 Å². The minimum atomic E-state index is -4.49. The van der Waals surface area contributed by atoms with Gasteiger partial charge in [0.15, 0.2) is 0 Å². The third kappa shape index (κ3) is 4.47. The van der Waals surface area contributed by atoms with Gasteiger partial charge in [-0.15, -0.1) is 0 Å². The van der Waals surface area contributed by atoms with Crippen molar-refractivity contribution < 1.29 is 26.7 Å². The molecule has 2 aromatic carbocycles. The molecule has 152 valence electrons. The summed E-state index contributed by atoms with van der Waals surface area (Å²) in [5.41, 5.74) is 0.645. The Morgan fingerprint density at radius 2 is 1.68 bits per heavy atom. The molecule has 2 atom stereocenters. The van der Waals surface area contributed by atoms with Crippen LogP contribution in [0.2, 0.25) is 0 Å². The number of fused-ring (bicyclic) bond motifs is 3. The smallest absolute Gasteiger partial charge is 0.407 e. The Morgan fingerprint density at radius 1 is 1.04 bits per heavy atom. The lowest BCUT2D eigenvalue weighted by atomic mass is 9.99. The molecular formula is C21H23F4NO2. The van der Waals surface area contributed by atoms with E-state index in [1.54, 1.807) is 12.1 Å². The third-order valence-corrected chi connectivity index (χ3v) is 4.65. The molecular weight excluding hydrogens is 374 g/mol. The van der Waals surface area contributed by atoms with Crippen molar-refractivity contribution in [1.82, 2.24) is 5.32 Å². The molecule has 1 unspecified atom stereocenters. The lowest BCUT2D eigenvalue weighted by Gasteiger charge is -2.28. The van der Waals surface area contributed by atoms with E-state index < -0.39 is 24.1 Å². The van der Waals surface area contributed by atoms with Crippen LogP contribution in [0.15, 0.2) is 40.8 Å². The summed E-state index contributed by atoms with van der Waals surface area (Å²) in [5, 5.41) is 4.01. The van der Waals surface area contributed by atoms with Crippen molar-refractivity contribution >= 4 is 21.9 Å². The lowest BCUT2D eigenvalue weighted by molar-refractivity contribution is -0.160. The summed E-state index contributed by atoms with van der Waals surface area (Å²) in [6, 6.07) is 6.18. The molecule has 3 aromatic rings. The van der Waals surface area contributed by atoms with Crippen LogP contribution in [-0.4, -0.2) is 25.9 Å². The predicted molar refractivity (Wildman–Crippen MR) is 101 cm³/mol. The molecule has 0 fully saturated rings. The molecule has 1 aromatic heterocycles. The largest absolute Gasteiger partial charge is 0.456 e. The molecule has 1 heterocycles. The minimum Gasteiger partial charge on any atom is -0.456 e. The maximum Gasteiger partial charge on any atom is 0.407 e. The quantitative estimate of drug-likeness (QED) is 0.498. The van der Waals surface area contributed by atoms with Crippen LogP contribution in [0.5, 0.6) is 0 Å². The number of hydrogen-bond donors (Lipinski definition) is 1. The van der Waals surface area contributed by atoms with Crippen molar-refractivity contribution in [3.63, 3.8) is 0 Å². The predicted octanol–water partition coefficient (Wildman–Crippen LogP) is 5.98. The molecule has 3 rings (SSSR count). The van der Waals surface area contributed by atoms with Gasteiger partial charge in [-0.1, -0.05) is 26.0 Å². The highest BCUT2D eigenvalue weighted by atomic mass is 19.4. The van der Waals surface area contributed by atoms with E-state index in [0.717, 1.165) is 0 Å². The summed E-state index contributed by atoms with van der Waals surface area (Å²) in [7, 11) is 1.47. The summed E-state index contributed by atoms with van der Waals surface area (Å²) in [4.78, 5) is 0. The lowest BCUT2D eigenvalue weighted by Crippen LogP contribution is -2.43. The first-order chi connectivity index (χ1) is 13.2. The van der Waals surface area contributed by atoms with Crippen LogP contribution in [0.25, 0.3) is 21.9 Å². The van der Waals surface area contributed by atoms with E-state index in [1.807, 2.05) is 13.8 Å². The summed E-state index contributed by atoms with van der Waals surface area (Å²) in [5.74, 6) is -0.244. The number of hydrogen-bond acceptors (Lipinski definition) is 3. The number of nitrogens with one attached hydrogen (secondary N) is 1. The van der Waals surface area contributed by atoms with Crippen LogP contribution in [0, 0.1) is 11.7 Å². The van der Waals surface area contributed by atoms with Crippen LogP contribution in [0.4, 0.5) is 17.6 Å². The van der Waals surface area contributed by atoms with Crippen molar-refractivity contribution in [2.24, 2.45) is 5.92 Å². The first-order valence-corrected chi connectivity index (χ1v) is 9.12. The van der Waals surface area contributed by atoms with Gasteiger partial charge in [0.25, 0.3) is 0 Å². The highest BCUT2D eigenvalue weighted by Gasteiger charge is 2.42. The SMILES string of the molecule is COC[C@H](CC(C)C)NC(c1ccc2c(c1)oc1cc(F)ccc12)C(F)(F)F. The van der Waals surface area contributed by atoms with Crippen LogP contribution in [-0.2, 0) is 4.74 Å². The van der Waals surface area contributed by atoms with Gasteiger partial charge in [-0.25, -0.2) is 4.39 Å². The van der Waals surface area contributed by atoms with Crippen LogP contribution >= 0.6 is 0 Å². The zero-order chi connectivity index (χ0) is 20.5. The van der Waals surface area contributed by atoms with E-state index in [9.17, 15) is 17.6 Å². The summed E-state index contributed by atoms with van der Waals surface area (Å²) in [6.07, 6.45) is -3.94. The number of halogens is 4. The van der Waals surface area contributed by atoms with Gasteiger partial charge >= 0.3 is 6.18 Å². The van der Waals surface area contributed by atoms with E-state index >= 15 is 0 Å². The highest BCUT2D eigenvalue weighted by molar-refractivity contribution is 6.04. The fourth-order valence-electron chi connectivity index (χ4n) is 3.52. The van der Waals surface area contributed by atoms with Crippen molar-refractivity contribution in [2.75, 3.05) is 13.7 Å². The molecule has 0 aliphatic carbocycles. The molecule has 0 saturated heterocycles. The van der Waals surface area contributed by atoms with Crippen LogP contribution < -0.4 is 5.32 Å². The fraction of sp³-hybridized carbons (Fsp3) is 0.429. The van der Waals surface area contributed by atoms with Crippen molar-refractivity contribution in [3.8, 4) is 0 Å². The molecule has 0 bridgehead atoms. The standard InChI is InChI=1S/C21H23F4NO2/c1-12(2)8-15(11-27-3)26-20(21(23,24)25)13-4-6-16-17-7-5-14(22)10-19(17)28-18(16)9-13/h4-7,9-10,12,15,20,26H,8,11H2,1-3H3/t15-,20?/m0/s1. The van der Waals surface area contributed by atoms with Crippen molar-refractivity contribution in [3.05, 3.63) is 47.8 Å². The van der Waals surface area contributed by atoms with E-state index in [2.05, 4.69) is 5.32 Å². The maximum atomic E-state index is 13.8. The van der Waals surface area contributed by atoms with E-state index in [1.165, 1.54) is 31.4 Å². The first-order valence-electron chi connectivity index (χ1n) is 9.12. The third-order valence-electron chi connectivity index (χ3n) is 4.65. The van der Waals surface area contributed by atoms with Crippen molar-refractivity contribution in [1.29, 1.82) is 0 Å². The van der Waals surface area contributed by atoms with Gasteiger partial charge in [-0.3, -0.25) is 5.32 Å². The zero-order valence-electron chi connectivity index (χ0n) is 15.9. The highest BCUT2D eigenvalue weighted by Crippen LogP contribution is 2.37. The number of benzene rings is 2. The monoisotopic (exact) mass is 397 g/mol. The molecule has 1 N–H and O–H groups in total. The molecule has 7 heteroatoms. The van der Waals surface area contributed by atoms with Gasteiger partial charge in [0.05, 0.1) is 6.61 Å². The average molecular weight is 397 g/mol. The molecule has 28 heavy (non-hydrogen) atoms. The average Bonchev–Trinajstić information content (AvgIpc) is 2.94. The number of methoxy groups -OCH3 is 1. The molecule has 0 saturated carbocycles.